The van der Waals surface area contributed by atoms with Crippen LogP contribution < -0.4 is 10.0 Å². The summed E-state index contributed by atoms with van der Waals surface area (Å²) < 4.78 is 26.7. The van der Waals surface area contributed by atoms with Crippen LogP contribution in [-0.2, 0) is 10.0 Å². The van der Waals surface area contributed by atoms with Crippen molar-refractivity contribution in [3.8, 4) is 0 Å². The number of anilines is 2. The molecule has 7 heteroatoms. The van der Waals surface area contributed by atoms with E-state index in [1.165, 1.54) is 22.5 Å². The lowest BCUT2D eigenvalue weighted by molar-refractivity contribution is 0.592. The van der Waals surface area contributed by atoms with Crippen molar-refractivity contribution in [2.24, 2.45) is 0 Å². The molecule has 0 aliphatic rings. The van der Waals surface area contributed by atoms with Gasteiger partial charge in [0, 0.05) is 6.54 Å². The summed E-state index contributed by atoms with van der Waals surface area (Å²) in [5, 5.41) is 0.493. The van der Waals surface area contributed by atoms with Crippen LogP contribution in [0, 0.1) is 0 Å². The van der Waals surface area contributed by atoms with E-state index in [0.29, 0.717) is 16.4 Å². The number of nitrogen functional groups attached to an aromatic ring is 1. The van der Waals surface area contributed by atoms with Gasteiger partial charge in [0.25, 0.3) is 10.0 Å². The third kappa shape index (κ3) is 3.10. The number of para-hydroxylation sites is 2. The molecule has 2 rings (SSSR count). The molecule has 0 aliphatic heterocycles. The Hall–Kier alpha value is -1.43. The second kappa shape index (κ2) is 6.13. The molecule has 21 heavy (non-hydrogen) atoms. The zero-order chi connectivity index (χ0) is 15.6. The Morgan fingerprint density at radius 3 is 2.33 bits per heavy atom. The highest BCUT2D eigenvalue weighted by molar-refractivity contribution is 7.92. The number of rotatable bonds is 4. The van der Waals surface area contributed by atoms with Crippen molar-refractivity contribution in [1.82, 2.24) is 0 Å². The number of hydrogen-bond acceptors (Lipinski definition) is 3. The van der Waals surface area contributed by atoms with Gasteiger partial charge in [0.15, 0.2) is 0 Å². The Bertz CT molecular complexity index is 763. The van der Waals surface area contributed by atoms with E-state index in [9.17, 15) is 8.42 Å². The number of nitrogens with two attached hydrogens (primary N) is 1. The van der Waals surface area contributed by atoms with Crippen LogP contribution in [0.2, 0.25) is 10.0 Å². The standard InChI is InChI=1S/C14H14Cl2N2O2S/c1-2-18(14-6-4-3-5-13(14)17)21(19,20)10-7-8-11(15)12(16)9-10/h3-9H,2,17H2,1H3. The molecule has 112 valence electrons. The van der Waals surface area contributed by atoms with Gasteiger partial charge in [0.2, 0.25) is 0 Å². The van der Waals surface area contributed by atoms with Gasteiger partial charge < -0.3 is 5.73 Å². The minimum Gasteiger partial charge on any atom is -0.397 e. The van der Waals surface area contributed by atoms with Gasteiger partial charge in [0.1, 0.15) is 0 Å². The summed E-state index contributed by atoms with van der Waals surface area (Å²) in [6, 6.07) is 11.0. The Labute approximate surface area is 134 Å². The van der Waals surface area contributed by atoms with Crippen LogP contribution in [0.15, 0.2) is 47.4 Å². The van der Waals surface area contributed by atoms with Crippen molar-refractivity contribution in [1.29, 1.82) is 0 Å². The summed E-state index contributed by atoms with van der Waals surface area (Å²) >= 11 is 11.7. The molecule has 2 aromatic carbocycles. The van der Waals surface area contributed by atoms with Crippen molar-refractivity contribution in [2.45, 2.75) is 11.8 Å². The van der Waals surface area contributed by atoms with Crippen LogP contribution in [0.5, 0.6) is 0 Å². The molecule has 0 aliphatic carbocycles. The first-order valence-corrected chi connectivity index (χ1v) is 8.39. The molecule has 0 amide bonds. The quantitative estimate of drug-likeness (QED) is 0.858. The van der Waals surface area contributed by atoms with Crippen molar-refractivity contribution < 1.29 is 8.42 Å². The predicted molar refractivity (Wildman–Crippen MR) is 87.5 cm³/mol. The lowest BCUT2D eigenvalue weighted by Crippen LogP contribution is -2.31. The Kier molecular flexibility index (Phi) is 4.66. The highest BCUT2D eigenvalue weighted by Crippen LogP contribution is 2.31. The molecule has 0 heterocycles. The minimum atomic E-state index is -3.76. The van der Waals surface area contributed by atoms with E-state index in [2.05, 4.69) is 0 Å². The number of benzene rings is 2. The highest BCUT2D eigenvalue weighted by atomic mass is 35.5. The molecule has 0 radical (unpaired) electrons. The fraction of sp³-hybridized carbons (Fsp3) is 0.143. The van der Waals surface area contributed by atoms with Crippen LogP contribution in [0.25, 0.3) is 0 Å². The fourth-order valence-corrected chi connectivity index (χ4v) is 3.84. The van der Waals surface area contributed by atoms with Crippen LogP contribution in [0.1, 0.15) is 6.92 Å². The van der Waals surface area contributed by atoms with Gasteiger partial charge in [-0.2, -0.15) is 0 Å². The van der Waals surface area contributed by atoms with Gasteiger partial charge in [0.05, 0.1) is 26.3 Å². The first-order chi connectivity index (χ1) is 9.87. The predicted octanol–water partition coefficient (Wildman–Crippen LogP) is 3.79. The number of nitrogens with zero attached hydrogens (tertiary/aromatic N) is 1. The topological polar surface area (TPSA) is 63.4 Å². The molecule has 0 saturated carbocycles. The maximum atomic E-state index is 12.7. The molecule has 0 atom stereocenters. The zero-order valence-electron chi connectivity index (χ0n) is 11.3. The molecule has 4 nitrogen and oxygen atoms in total. The third-order valence-electron chi connectivity index (χ3n) is 2.97. The Balaban J connectivity index is 2.55. The van der Waals surface area contributed by atoms with E-state index in [1.807, 2.05) is 0 Å². The van der Waals surface area contributed by atoms with Crippen LogP contribution in [0.4, 0.5) is 11.4 Å². The SMILES string of the molecule is CCN(c1ccccc1N)S(=O)(=O)c1ccc(Cl)c(Cl)c1. The number of halogens is 2. The normalized spacial score (nSPS) is 11.4. The summed E-state index contributed by atoms with van der Waals surface area (Å²) in [5.74, 6) is 0. The lowest BCUT2D eigenvalue weighted by Gasteiger charge is -2.24. The summed E-state index contributed by atoms with van der Waals surface area (Å²) in [6.45, 7) is 1.98. The molecule has 0 saturated heterocycles. The molecule has 0 fully saturated rings. The van der Waals surface area contributed by atoms with Gasteiger partial charge >= 0.3 is 0 Å². The summed E-state index contributed by atoms with van der Waals surface area (Å²) in [7, 11) is -3.76. The maximum absolute atomic E-state index is 12.7. The molecule has 2 aromatic rings. The second-order valence-corrected chi connectivity index (χ2v) is 6.98. The molecule has 0 aromatic heterocycles. The van der Waals surface area contributed by atoms with Crippen LogP contribution in [-0.4, -0.2) is 15.0 Å². The summed E-state index contributed by atoms with van der Waals surface area (Å²) in [6.07, 6.45) is 0. The smallest absolute Gasteiger partial charge is 0.264 e. The first-order valence-electron chi connectivity index (χ1n) is 6.20. The zero-order valence-corrected chi connectivity index (χ0v) is 13.6. The summed E-state index contributed by atoms with van der Waals surface area (Å²) in [5.41, 5.74) is 6.70. The number of sulfonamides is 1. The van der Waals surface area contributed by atoms with Crippen molar-refractivity contribution in [3.63, 3.8) is 0 Å². The second-order valence-electron chi connectivity index (χ2n) is 4.30. The van der Waals surface area contributed by atoms with Gasteiger partial charge in [-0.25, -0.2) is 8.42 Å². The van der Waals surface area contributed by atoms with E-state index in [0.717, 1.165) is 0 Å². The molecule has 0 unspecified atom stereocenters. The van der Waals surface area contributed by atoms with Crippen molar-refractivity contribution >= 4 is 44.6 Å². The van der Waals surface area contributed by atoms with E-state index in [1.54, 1.807) is 31.2 Å². The molecule has 0 spiro atoms. The van der Waals surface area contributed by atoms with Crippen molar-refractivity contribution in [3.05, 3.63) is 52.5 Å². The molecular formula is C14H14Cl2N2O2S. The van der Waals surface area contributed by atoms with E-state index < -0.39 is 10.0 Å². The van der Waals surface area contributed by atoms with Gasteiger partial charge in [-0.05, 0) is 37.3 Å². The average Bonchev–Trinajstić information content (AvgIpc) is 2.44. The fourth-order valence-electron chi connectivity index (χ4n) is 1.95. The van der Waals surface area contributed by atoms with Crippen molar-refractivity contribution in [2.75, 3.05) is 16.6 Å². The van der Waals surface area contributed by atoms with E-state index in [4.69, 9.17) is 28.9 Å². The van der Waals surface area contributed by atoms with Gasteiger partial charge in [-0.15, -0.1) is 0 Å². The maximum Gasteiger partial charge on any atom is 0.264 e. The Morgan fingerprint density at radius 2 is 1.76 bits per heavy atom. The van der Waals surface area contributed by atoms with Gasteiger partial charge in [-0.1, -0.05) is 35.3 Å². The lowest BCUT2D eigenvalue weighted by atomic mass is 10.3. The third-order valence-corrected chi connectivity index (χ3v) is 5.60. The largest absolute Gasteiger partial charge is 0.397 e. The first kappa shape index (κ1) is 15.9. The Morgan fingerprint density at radius 1 is 1.10 bits per heavy atom. The minimum absolute atomic E-state index is 0.0713. The van der Waals surface area contributed by atoms with E-state index >= 15 is 0 Å². The average molecular weight is 345 g/mol. The van der Waals surface area contributed by atoms with E-state index in [-0.39, 0.29) is 16.5 Å². The van der Waals surface area contributed by atoms with Crippen LogP contribution in [0.3, 0.4) is 0 Å². The van der Waals surface area contributed by atoms with Gasteiger partial charge in [-0.3, -0.25) is 4.31 Å². The number of hydrogen-bond donors (Lipinski definition) is 1. The molecule has 0 bridgehead atoms. The highest BCUT2D eigenvalue weighted by Gasteiger charge is 2.25. The molecular weight excluding hydrogens is 331 g/mol. The monoisotopic (exact) mass is 344 g/mol. The molecule has 2 N–H and O–H groups in total. The van der Waals surface area contributed by atoms with Crippen LogP contribution >= 0.6 is 23.2 Å². The summed E-state index contributed by atoms with van der Waals surface area (Å²) in [4.78, 5) is 0.0713.